The maximum Gasteiger partial charge on any atom is 0.160 e. The Hall–Kier alpha value is -6.89. The Bertz CT molecular complexity index is 2600. The molecule has 0 amide bonds. The van der Waals surface area contributed by atoms with Crippen LogP contribution in [-0.4, -0.2) is 9.97 Å². The first-order chi connectivity index (χ1) is 25.2. The lowest BCUT2D eigenvalue weighted by Crippen LogP contribution is -2.25. The van der Waals surface area contributed by atoms with Gasteiger partial charge in [0.05, 0.1) is 28.4 Å². The van der Waals surface area contributed by atoms with Crippen molar-refractivity contribution < 1.29 is 0 Å². The number of hydrogen-bond acceptors (Lipinski definition) is 3. The highest BCUT2D eigenvalue weighted by molar-refractivity contribution is 5.97. The molecule has 0 bridgehead atoms. The lowest BCUT2D eigenvalue weighted by atomic mass is 9.70. The zero-order valence-corrected chi connectivity index (χ0v) is 27.6. The van der Waals surface area contributed by atoms with E-state index >= 15 is 0 Å². The minimum absolute atomic E-state index is 0.492. The van der Waals surface area contributed by atoms with Crippen molar-refractivity contribution in [2.24, 2.45) is 0 Å². The van der Waals surface area contributed by atoms with Gasteiger partial charge in [0, 0.05) is 22.3 Å². The van der Waals surface area contributed by atoms with Gasteiger partial charge in [-0.1, -0.05) is 152 Å². The molecule has 0 unspecified atom stereocenters. The van der Waals surface area contributed by atoms with Gasteiger partial charge in [0.15, 0.2) is 5.82 Å². The summed E-state index contributed by atoms with van der Waals surface area (Å²) in [6.07, 6.45) is 0. The summed E-state index contributed by atoms with van der Waals surface area (Å²) < 4.78 is 0. The van der Waals surface area contributed by atoms with Crippen molar-refractivity contribution in [1.82, 2.24) is 9.97 Å². The Labute approximate surface area is 296 Å². The van der Waals surface area contributed by atoms with E-state index in [2.05, 4.69) is 133 Å². The van der Waals surface area contributed by atoms with Crippen molar-refractivity contribution in [1.29, 1.82) is 5.26 Å². The molecule has 0 radical (unpaired) electrons. The molecule has 8 aromatic rings. The Morgan fingerprint density at radius 3 is 1.63 bits per heavy atom. The van der Waals surface area contributed by atoms with Gasteiger partial charge in [-0.2, -0.15) is 5.26 Å². The van der Waals surface area contributed by atoms with Crippen LogP contribution < -0.4 is 0 Å². The topological polar surface area (TPSA) is 49.6 Å². The number of hydrogen-bond donors (Lipinski definition) is 0. The minimum Gasteiger partial charge on any atom is -0.228 e. The maximum absolute atomic E-state index is 10.4. The van der Waals surface area contributed by atoms with E-state index in [1.54, 1.807) is 0 Å². The summed E-state index contributed by atoms with van der Waals surface area (Å²) in [7, 11) is 0. The smallest absolute Gasteiger partial charge is 0.160 e. The molecule has 1 heterocycles. The molecule has 3 nitrogen and oxygen atoms in total. The fraction of sp³-hybridized carbons (Fsp3) is 0.0208. The molecule has 0 atom stereocenters. The number of aromatic nitrogens is 2. The van der Waals surface area contributed by atoms with E-state index in [-0.39, 0.29) is 0 Å². The fourth-order valence-electron chi connectivity index (χ4n) is 8.39. The van der Waals surface area contributed by atoms with Gasteiger partial charge < -0.3 is 0 Å². The van der Waals surface area contributed by atoms with Crippen LogP contribution in [-0.2, 0) is 5.41 Å². The van der Waals surface area contributed by atoms with Crippen LogP contribution in [0.1, 0.15) is 27.8 Å². The number of nitriles is 1. The van der Waals surface area contributed by atoms with Gasteiger partial charge in [0.1, 0.15) is 0 Å². The monoisotopic (exact) mass is 647 g/mol. The molecule has 0 N–H and O–H groups in total. The standard InChI is InChI=1S/C48H29N3/c49-30-36-19-12-24-43-46(36)39-28-34(25-26-42(39)48(43)40-22-9-7-20-37(40)38-21-8-10-23-41(38)48)33-17-11-18-35(27-33)45-29-44(31-13-3-1-4-14-31)50-47(51-45)32-15-5-2-6-16-32/h1-29H. The van der Waals surface area contributed by atoms with Crippen LogP contribution >= 0.6 is 0 Å². The minimum atomic E-state index is -0.492. The summed E-state index contributed by atoms with van der Waals surface area (Å²) in [5.41, 5.74) is 16.7. The summed E-state index contributed by atoms with van der Waals surface area (Å²) in [6.45, 7) is 0. The molecule has 51 heavy (non-hydrogen) atoms. The number of benzene rings is 7. The second-order valence-electron chi connectivity index (χ2n) is 13.2. The fourth-order valence-corrected chi connectivity index (χ4v) is 8.39. The highest BCUT2D eigenvalue weighted by atomic mass is 14.9. The molecule has 0 saturated carbocycles. The van der Waals surface area contributed by atoms with E-state index < -0.39 is 5.41 Å². The summed E-state index contributed by atoms with van der Waals surface area (Å²) >= 11 is 0. The predicted octanol–water partition coefficient (Wildman–Crippen LogP) is 11.4. The van der Waals surface area contributed by atoms with Crippen LogP contribution in [0.5, 0.6) is 0 Å². The van der Waals surface area contributed by atoms with Crippen LogP contribution in [0.2, 0.25) is 0 Å². The van der Waals surface area contributed by atoms with Gasteiger partial charge in [0.2, 0.25) is 0 Å². The van der Waals surface area contributed by atoms with Gasteiger partial charge in [-0.05, 0) is 74.3 Å². The molecule has 10 rings (SSSR count). The van der Waals surface area contributed by atoms with Crippen molar-refractivity contribution in [2.45, 2.75) is 5.41 Å². The highest BCUT2D eigenvalue weighted by Crippen LogP contribution is 2.63. The molecule has 0 aliphatic heterocycles. The van der Waals surface area contributed by atoms with Crippen molar-refractivity contribution >= 4 is 0 Å². The lowest BCUT2D eigenvalue weighted by Gasteiger charge is -2.30. The molecule has 3 heteroatoms. The average molecular weight is 648 g/mol. The molecule has 1 aromatic heterocycles. The molecule has 7 aromatic carbocycles. The van der Waals surface area contributed by atoms with Crippen molar-refractivity contribution in [3.05, 3.63) is 204 Å². The lowest BCUT2D eigenvalue weighted by molar-refractivity contribution is 0.793. The third-order valence-electron chi connectivity index (χ3n) is 10.6. The molecule has 236 valence electrons. The van der Waals surface area contributed by atoms with Crippen molar-refractivity contribution in [2.75, 3.05) is 0 Å². The molecule has 0 fully saturated rings. The van der Waals surface area contributed by atoms with E-state index in [1.807, 2.05) is 48.5 Å². The van der Waals surface area contributed by atoms with Crippen LogP contribution in [0.4, 0.5) is 0 Å². The first-order valence-electron chi connectivity index (χ1n) is 17.2. The number of fused-ring (bicyclic) bond motifs is 10. The normalized spacial score (nSPS) is 12.8. The maximum atomic E-state index is 10.4. The van der Waals surface area contributed by atoms with Gasteiger partial charge in [-0.25, -0.2) is 9.97 Å². The van der Waals surface area contributed by atoms with Gasteiger partial charge in [-0.3, -0.25) is 0 Å². The van der Waals surface area contributed by atoms with E-state index in [9.17, 15) is 5.26 Å². The molecule has 0 saturated heterocycles. The molecule has 1 spiro atoms. The van der Waals surface area contributed by atoms with Gasteiger partial charge >= 0.3 is 0 Å². The largest absolute Gasteiger partial charge is 0.228 e. The quantitative estimate of drug-likeness (QED) is 0.191. The van der Waals surface area contributed by atoms with Crippen molar-refractivity contribution in [3.63, 3.8) is 0 Å². The highest BCUT2D eigenvalue weighted by Gasteiger charge is 2.52. The Kier molecular flexibility index (Phi) is 6.46. The summed E-state index contributed by atoms with van der Waals surface area (Å²) in [5.74, 6) is 0.693. The average Bonchev–Trinajstić information content (AvgIpc) is 3.68. The van der Waals surface area contributed by atoms with Crippen molar-refractivity contribution in [3.8, 4) is 73.4 Å². The summed E-state index contributed by atoms with van der Waals surface area (Å²) in [4.78, 5) is 10.1. The zero-order chi connectivity index (χ0) is 33.9. The molecule has 2 aliphatic rings. The van der Waals surface area contributed by atoms with Crippen LogP contribution in [0.25, 0.3) is 67.3 Å². The third kappa shape index (κ3) is 4.30. The van der Waals surface area contributed by atoms with Crippen LogP contribution in [0, 0.1) is 11.3 Å². The Morgan fingerprint density at radius 2 is 0.922 bits per heavy atom. The predicted molar refractivity (Wildman–Crippen MR) is 205 cm³/mol. The Balaban J connectivity index is 1.16. The molecular weight excluding hydrogens is 619 g/mol. The molecular formula is C48H29N3. The third-order valence-corrected chi connectivity index (χ3v) is 10.6. The first-order valence-corrected chi connectivity index (χ1v) is 17.2. The SMILES string of the molecule is N#Cc1cccc2c1-c1cc(-c3cccc(-c4cc(-c5ccccc5)nc(-c5ccccc5)n4)c3)ccc1C21c2ccccc2-c2ccccc21. The van der Waals surface area contributed by atoms with Crippen LogP contribution in [0.3, 0.4) is 0 Å². The van der Waals surface area contributed by atoms with E-state index in [4.69, 9.17) is 9.97 Å². The number of rotatable bonds is 4. The number of nitrogens with zero attached hydrogens (tertiary/aromatic N) is 3. The first kappa shape index (κ1) is 29.1. The summed E-state index contributed by atoms with van der Waals surface area (Å²) in [5, 5.41) is 10.4. The van der Waals surface area contributed by atoms with Crippen LogP contribution in [0.15, 0.2) is 176 Å². The second-order valence-corrected chi connectivity index (χ2v) is 13.2. The van der Waals surface area contributed by atoms with E-state index in [1.165, 1.54) is 33.4 Å². The van der Waals surface area contributed by atoms with Gasteiger partial charge in [-0.15, -0.1) is 0 Å². The Morgan fingerprint density at radius 1 is 0.392 bits per heavy atom. The van der Waals surface area contributed by atoms with E-state index in [0.717, 1.165) is 50.3 Å². The van der Waals surface area contributed by atoms with E-state index in [0.29, 0.717) is 11.4 Å². The summed E-state index contributed by atoms with van der Waals surface area (Å²) in [6, 6.07) is 64.2. The zero-order valence-electron chi connectivity index (χ0n) is 27.6. The van der Waals surface area contributed by atoms with Gasteiger partial charge in [0.25, 0.3) is 0 Å². The molecule has 2 aliphatic carbocycles. The second kappa shape index (κ2) is 11.3.